The zero-order valence-electron chi connectivity index (χ0n) is 18.6. The average molecular weight is 534 g/mol. The Morgan fingerprint density at radius 1 is 1.03 bits per heavy atom. The van der Waals surface area contributed by atoms with Crippen LogP contribution in [0.5, 0.6) is 0 Å². The fraction of sp³-hybridized carbons (Fsp3) is 0.130. The van der Waals surface area contributed by atoms with Gasteiger partial charge in [-0.15, -0.1) is 0 Å². The zero-order chi connectivity index (χ0) is 25.8. The molecule has 184 valence electrons. The number of fused-ring (bicyclic) bond motifs is 1. The summed E-state index contributed by atoms with van der Waals surface area (Å²) in [6.45, 7) is 3.37. The number of hydrogen-bond acceptors (Lipinski definition) is 7. The minimum absolute atomic E-state index is 0.0743. The van der Waals surface area contributed by atoms with E-state index >= 15 is 0 Å². The van der Waals surface area contributed by atoms with Crippen LogP contribution in [-0.4, -0.2) is 32.5 Å². The predicted molar refractivity (Wildman–Crippen MR) is 125 cm³/mol. The topological polar surface area (TPSA) is 104 Å². The van der Waals surface area contributed by atoms with Gasteiger partial charge in [-0.3, -0.25) is 0 Å². The van der Waals surface area contributed by atoms with Gasteiger partial charge in [0.25, 0.3) is 10.0 Å². The molecule has 0 N–H and O–H groups in total. The van der Waals surface area contributed by atoms with E-state index in [1.54, 1.807) is 26.0 Å². The number of aryl methyl sites for hydroxylation is 2. The van der Waals surface area contributed by atoms with Gasteiger partial charge in [-0.1, -0.05) is 23.4 Å². The van der Waals surface area contributed by atoms with E-state index in [0.717, 1.165) is 10.2 Å². The Bertz CT molecular complexity index is 1710. The van der Waals surface area contributed by atoms with Crippen LogP contribution in [0.3, 0.4) is 0 Å². The summed E-state index contributed by atoms with van der Waals surface area (Å²) in [4.78, 5) is 11.7. The fourth-order valence-electron chi connectivity index (χ4n) is 3.91. The van der Waals surface area contributed by atoms with E-state index in [2.05, 4.69) is 20.1 Å². The average Bonchev–Trinajstić information content (AvgIpc) is 3.38. The quantitative estimate of drug-likeness (QED) is 0.274. The normalized spacial score (nSPS) is 12.4. The minimum Gasteiger partial charge on any atom is -0.361 e. The summed E-state index contributed by atoms with van der Waals surface area (Å²) in [5.74, 6) is 0.450. The summed E-state index contributed by atoms with van der Waals surface area (Å²) in [6.07, 6.45) is -3.20. The van der Waals surface area contributed by atoms with Crippen LogP contribution in [0.2, 0.25) is 5.28 Å². The van der Waals surface area contributed by atoms with Crippen molar-refractivity contribution in [3.05, 3.63) is 77.2 Å². The minimum atomic E-state index is -4.82. The Kier molecular flexibility index (Phi) is 5.60. The standard InChI is InChI=1S/C23H15ClF3N5O3S/c1-12-19(13(2)35-31-12)18-9-8-15-16(20-17(23(25,26)27)10-28-22(24)30-20)11-32(21(15)29-18)36(33,34)14-6-4-3-5-7-14/h3-11H,1-2H3. The molecule has 0 unspecified atom stereocenters. The summed E-state index contributed by atoms with van der Waals surface area (Å²) in [5, 5.41) is 3.59. The summed E-state index contributed by atoms with van der Waals surface area (Å²) in [6, 6.07) is 10.5. The number of rotatable bonds is 4. The monoisotopic (exact) mass is 533 g/mol. The van der Waals surface area contributed by atoms with Crippen molar-refractivity contribution in [3.63, 3.8) is 0 Å². The Hall–Kier alpha value is -3.77. The van der Waals surface area contributed by atoms with Crippen LogP contribution in [0.15, 0.2) is 64.3 Å². The van der Waals surface area contributed by atoms with Gasteiger partial charge >= 0.3 is 6.18 Å². The Balaban J connectivity index is 1.87. The molecule has 5 rings (SSSR count). The van der Waals surface area contributed by atoms with Crippen LogP contribution in [0.1, 0.15) is 17.0 Å². The molecule has 0 aliphatic rings. The number of hydrogen-bond donors (Lipinski definition) is 0. The number of nitrogens with zero attached hydrogens (tertiary/aromatic N) is 5. The molecule has 36 heavy (non-hydrogen) atoms. The molecule has 0 saturated heterocycles. The van der Waals surface area contributed by atoms with Gasteiger partial charge in [-0.2, -0.15) is 13.2 Å². The molecule has 1 aromatic carbocycles. The Morgan fingerprint density at radius 3 is 2.39 bits per heavy atom. The first-order chi connectivity index (χ1) is 17.0. The summed E-state index contributed by atoms with van der Waals surface area (Å²) in [5.41, 5.74) is -0.563. The van der Waals surface area contributed by atoms with E-state index in [0.29, 0.717) is 28.9 Å². The van der Waals surface area contributed by atoms with Gasteiger partial charge in [0.15, 0.2) is 5.65 Å². The highest BCUT2D eigenvalue weighted by molar-refractivity contribution is 7.90. The number of halogens is 4. The summed E-state index contributed by atoms with van der Waals surface area (Å²) < 4.78 is 74.7. The molecule has 5 aromatic rings. The van der Waals surface area contributed by atoms with Crippen molar-refractivity contribution >= 4 is 32.7 Å². The first-order valence-corrected chi connectivity index (χ1v) is 12.2. The van der Waals surface area contributed by atoms with Gasteiger partial charge in [-0.05, 0) is 49.7 Å². The SMILES string of the molecule is Cc1noc(C)c1-c1ccc2c(-c3nc(Cl)ncc3C(F)(F)F)cn(S(=O)(=O)c3ccccc3)c2n1. The first kappa shape index (κ1) is 23.9. The molecule has 0 amide bonds. The molecule has 4 heterocycles. The zero-order valence-corrected chi connectivity index (χ0v) is 20.1. The van der Waals surface area contributed by atoms with Crippen molar-refractivity contribution in [3.8, 4) is 22.5 Å². The lowest BCUT2D eigenvalue weighted by molar-refractivity contribution is -0.137. The molecule has 0 saturated carbocycles. The first-order valence-electron chi connectivity index (χ1n) is 10.3. The van der Waals surface area contributed by atoms with E-state index in [-0.39, 0.29) is 21.5 Å². The van der Waals surface area contributed by atoms with Crippen LogP contribution in [-0.2, 0) is 16.2 Å². The highest BCUT2D eigenvalue weighted by atomic mass is 35.5. The van der Waals surface area contributed by atoms with E-state index in [4.69, 9.17) is 16.1 Å². The maximum absolute atomic E-state index is 13.8. The van der Waals surface area contributed by atoms with Gasteiger partial charge in [0.1, 0.15) is 11.3 Å². The molecule has 0 atom stereocenters. The lowest BCUT2D eigenvalue weighted by atomic mass is 10.1. The maximum atomic E-state index is 13.8. The summed E-state index contributed by atoms with van der Waals surface area (Å²) >= 11 is 5.84. The molecule has 0 bridgehead atoms. The number of aromatic nitrogens is 5. The number of benzene rings is 1. The van der Waals surface area contributed by atoms with Gasteiger partial charge in [0, 0.05) is 23.3 Å². The Morgan fingerprint density at radius 2 is 1.75 bits per heavy atom. The number of pyridine rings is 1. The molecular formula is C23H15ClF3N5O3S. The molecule has 0 aliphatic heterocycles. The molecule has 8 nitrogen and oxygen atoms in total. The smallest absolute Gasteiger partial charge is 0.361 e. The van der Waals surface area contributed by atoms with Crippen LogP contribution in [0.4, 0.5) is 13.2 Å². The fourth-order valence-corrected chi connectivity index (χ4v) is 5.39. The van der Waals surface area contributed by atoms with E-state index in [9.17, 15) is 21.6 Å². The van der Waals surface area contributed by atoms with Gasteiger partial charge in [0.05, 0.1) is 27.5 Å². The maximum Gasteiger partial charge on any atom is 0.419 e. The van der Waals surface area contributed by atoms with Gasteiger partial charge in [0.2, 0.25) is 5.28 Å². The molecule has 0 radical (unpaired) electrons. The van der Waals surface area contributed by atoms with E-state index in [1.165, 1.54) is 30.3 Å². The number of alkyl halides is 3. The van der Waals surface area contributed by atoms with Gasteiger partial charge < -0.3 is 4.52 Å². The van der Waals surface area contributed by atoms with Crippen molar-refractivity contribution in [2.75, 3.05) is 0 Å². The lowest BCUT2D eigenvalue weighted by Gasteiger charge is -2.11. The third kappa shape index (κ3) is 3.91. The van der Waals surface area contributed by atoms with E-state index < -0.39 is 32.7 Å². The highest BCUT2D eigenvalue weighted by Gasteiger charge is 2.37. The summed E-state index contributed by atoms with van der Waals surface area (Å²) in [7, 11) is -4.26. The molecule has 13 heteroatoms. The second-order valence-corrected chi connectivity index (χ2v) is 9.98. The molecule has 0 spiro atoms. The molecule has 0 fully saturated rings. The lowest BCUT2D eigenvalue weighted by Crippen LogP contribution is -2.12. The van der Waals surface area contributed by atoms with Crippen molar-refractivity contribution in [1.82, 2.24) is 24.1 Å². The predicted octanol–water partition coefficient (Wildman–Crippen LogP) is 5.67. The van der Waals surface area contributed by atoms with E-state index in [1.807, 2.05) is 0 Å². The Labute approximate surface area is 207 Å². The van der Waals surface area contributed by atoms with Crippen LogP contribution >= 0.6 is 11.6 Å². The van der Waals surface area contributed by atoms with Gasteiger partial charge in [-0.25, -0.2) is 27.3 Å². The molecule has 4 aromatic heterocycles. The second-order valence-electron chi connectivity index (χ2n) is 7.82. The van der Waals surface area contributed by atoms with Crippen molar-refractivity contribution in [2.45, 2.75) is 24.9 Å². The highest BCUT2D eigenvalue weighted by Crippen LogP contribution is 2.40. The molecule has 0 aliphatic carbocycles. The van der Waals surface area contributed by atoms with Crippen molar-refractivity contribution < 1.29 is 26.1 Å². The van der Waals surface area contributed by atoms with Crippen molar-refractivity contribution in [2.24, 2.45) is 0 Å². The van der Waals surface area contributed by atoms with Crippen LogP contribution < -0.4 is 0 Å². The van der Waals surface area contributed by atoms with Crippen LogP contribution in [0, 0.1) is 13.8 Å². The van der Waals surface area contributed by atoms with Crippen molar-refractivity contribution in [1.29, 1.82) is 0 Å². The third-order valence-electron chi connectivity index (χ3n) is 5.53. The second kappa shape index (κ2) is 8.42. The largest absolute Gasteiger partial charge is 0.419 e. The molecular weight excluding hydrogens is 519 g/mol. The van der Waals surface area contributed by atoms with Crippen LogP contribution in [0.25, 0.3) is 33.5 Å². The third-order valence-corrected chi connectivity index (χ3v) is 7.38.